The van der Waals surface area contributed by atoms with Crippen LogP contribution < -0.4 is 51.9 Å². The van der Waals surface area contributed by atoms with Crippen LogP contribution in [0.3, 0.4) is 0 Å². The van der Waals surface area contributed by atoms with Crippen molar-refractivity contribution in [2.75, 3.05) is 395 Å². The molecule has 0 aromatic carbocycles. The number of amides is 8. The average molecular weight is 2590 g/mol. The van der Waals surface area contributed by atoms with Crippen LogP contribution in [-0.4, -0.2) is 642 Å². The predicted molar refractivity (Wildman–Crippen MR) is 464 cm³/mol. The molecule has 56 nitrogen and oxygen atoms in total. The number of carbonyl (C=O) groups is 20. The van der Waals surface area contributed by atoms with E-state index < -0.39 is 281 Å². The van der Waals surface area contributed by atoms with E-state index in [1.807, 2.05) is 0 Å². The van der Waals surface area contributed by atoms with Crippen LogP contribution in [0.15, 0.2) is 0 Å². The molecule has 141 heavy (non-hydrogen) atoms. The normalized spacial score (nSPS) is 17.8. The van der Waals surface area contributed by atoms with Gasteiger partial charge in [-0.1, -0.05) is 0 Å². The van der Waals surface area contributed by atoms with E-state index in [4.69, 9.17) is 0 Å². The molecule has 4 radical (unpaired) electrons. The van der Waals surface area contributed by atoms with Gasteiger partial charge < -0.3 is 131 Å². The molecule has 4 aliphatic heterocycles. The molecular formula is C81H134Gd4N24O32+6. The number of nitrogens with zero attached hydrogens (tertiary/aromatic N) is 20. The van der Waals surface area contributed by atoms with Crippen LogP contribution in [0.5, 0.6) is 0 Å². The molecule has 4 aliphatic rings. The molecule has 60 heteroatoms. The molecule has 0 unspecified atom stereocenters. The zero-order valence-corrected chi connectivity index (χ0v) is 88.8. The minimum Gasteiger partial charge on any atom is -0.549 e. The van der Waals surface area contributed by atoms with Crippen molar-refractivity contribution in [1.82, 2.24) is 119 Å². The van der Waals surface area contributed by atoms with Gasteiger partial charge >= 0.3 is 196 Å². The van der Waals surface area contributed by atoms with Crippen molar-refractivity contribution >= 4 is 119 Å². The summed E-state index contributed by atoms with van der Waals surface area (Å²) < 4.78 is 0. The summed E-state index contributed by atoms with van der Waals surface area (Å²) >= 11 is 0. The number of carbonyl (C=O) groups excluding carboxylic acids is 14. The molecule has 10 N–H and O–H groups in total. The van der Waals surface area contributed by atoms with E-state index >= 15 is 0 Å². The second-order valence-electron chi connectivity index (χ2n) is 34.6. The van der Waals surface area contributed by atoms with Crippen LogP contribution >= 0.6 is 0 Å². The molecule has 4 rings (SSSR count). The first-order valence-electron chi connectivity index (χ1n) is 44.7. The van der Waals surface area contributed by atoms with E-state index in [-0.39, 0.29) is 369 Å². The first-order chi connectivity index (χ1) is 64.6. The van der Waals surface area contributed by atoms with Crippen LogP contribution in [0.2, 0.25) is 0 Å². The first-order valence-corrected chi connectivity index (χ1v) is 44.7. The molecule has 8 amide bonds. The van der Waals surface area contributed by atoms with E-state index in [0.29, 0.717) is 0 Å². The number of rotatable bonds is 48. The summed E-state index contributed by atoms with van der Waals surface area (Å²) in [7, 11) is 4.99. The Morgan fingerprint density at radius 1 is 0.199 bits per heavy atom. The average Bonchev–Trinajstić information content (AvgIpc) is 0.842. The molecule has 0 aromatic rings. The minimum atomic E-state index is -1.89. The number of carboxylic acids is 12. The van der Waals surface area contributed by atoms with Crippen molar-refractivity contribution in [3.8, 4) is 0 Å². The molecule has 0 spiro atoms. The van der Waals surface area contributed by atoms with E-state index in [0.717, 1.165) is 19.6 Å². The number of hydrogen-bond donors (Lipinski definition) is 10. The molecule has 4 heterocycles. The quantitative estimate of drug-likeness (QED) is 0.0270. The summed E-state index contributed by atoms with van der Waals surface area (Å²) in [5.41, 5.74) is -1.89. The number of likely N-dealkylation sites (N-methyl/N-ethyl adjacent to an activating group) is 4. The second kappa shape index (κ2) is 73.2. The van der Waals surface area contributed by atoms with Crippen LogP contribution in [0.1, 0.15) is 0 Å². The molecule has 0 atom stereocenters. The molecule has 796 valence electrons. The van der Waals surface area contributed by atoms with Gasteiger partial charge in [-0.2, -0.15) is 0 Å². The molecule has 0 aliphatic carbocycles. The Balaban J connectivity index is 0.0000490. The van der Waals surface area contributed by atoms with Gasteiger partial charge in [-0.25, -0.2) is 0 Å². The molecule has 0 bridgehead atoms. The largest absolute Gasteiger partial charge is 3.00 e. The van der Waals surface area contributed by atoms with Gasteiger partial charge in [-0.05, 0) is 0 Å². The second-order valence-corrected chi connectivity index (χ2v) is 34.6. The Morgan fingerprint density at radius 3 is 0.397 bits per heavy atom. The van der Waals surface area contributed by atoms with Gasteiger partial charge in [0.15, 0.2) is 0 Å². The van der Waals surface area contributed by atoms with E-state index in [1.54, 1.807) is 19.6 Å². The van der Waals surface area contributed by atoms with Gasteiger partial charge in [0, 0.05) is 308 Å². The third-order valence-electron chi connectivity index (χ3n) is 23.3. The van der Waals surface area contributed by atoms with Crippen molar-refractivity contribution in [3.05, 3.63) is 0 Å². The fourth-order valence-electron chi connectivity index (χ4n) is 15.3. The van der Waals surface area contributed by atoms with E-state index in [9.17, 15) is 157 Å². The summed E-state index contributed by atoms with van der Waals surface area (Å²) in [4.78, 5) is 287. The summed E-state index contributed by atoms with van der Waals surface area (Å²) in [6, 6.07) is 0. The third kappa shape index (κ3) is 62.1. The first kappa shape index (κ1) is 135. The Hall–Kier alpha value is -5.94. The van der Waals surface area contributed by atoms with Gasteiger partial charge in [-0.3, -0.25) is 146 Å². The molecule has 4 fully saturated rings. The zero-order valence-electron chi connectivity index (χ0n) is 79.8. The maximum Gasteiger partial charge on any atom is 3.00 e. The molecule has 0 saturated carbocycles. The van der Waals surface area contributed by atoms with Gasteiger partial charge in [0.1, 0.15) is 0 Å². The predicted octanol–water partition coefficient (Wildman–Crippen LogP) is -21.8. The molecular weight excluding hydrogens is 2450 g/mol. The van der Waals surface area contributed by atoms with Crippen molar-refractivity contribution in [3.63, 3.8) is 0 Å². The van der Waals surface area contributed by atoms with Crippen LogP contribution in [0.25, 0.3) is 0 Å². The SMILES string of the molecule is CN(CC(=O)NCC(CNC(=O)CN(C)C(=O)CN1CCN(CC(=O)[O-])CCN(CC(=O)[O-])CCN(CC(=O)O)CC1)(CNC(=O)CN(C)C(=O)CN1CCN(CC(=O)[O-])CCN(CC(=O)O)CCN(CC(=O)O)CC1)CNC(=O)CN(C)C(=O)CN1CCN(CC(=O)[O-])CCN(CC(=O)O)CCN(CC(=O)O)CC1)C(=O)CN1CCN(CC(=O)[O-])CCN(CC(=O)[O-])CCN(CC(=O)O)CC1.[Gd+3].[Gd+3].[Gd+3].[Gd+3]. The third-order valence-corrected chi connectivity index (χ3v) is 23.3. The number of aliphatic carboxylic acids is 12. The Labute approximate surface area is 945 Å². The molecule has 0 aromatic heterocycles. The van der Waals surface area contributed by atoms with Crippen molar-refractivity contribution < 1.29 is 317 Å². The van der Waals surface area contributed by atoms with Crippen LogP contribution in [0, 0.1) is 165 Å². The maximum atomic E-state index is 14.6. The molecule has 4 saturated heterocycles. The van der Waals surface area contributed by atoms with Crippen LogP contribution in [0.4, 0.5) is 0 Å². The Morgan fingerprint density at radius 2 is 0.298 bits per heavy atom. The Bertz CT molecular complexity index is 3420. The number of nitrogens with one attached hydrogen (secondary N) is 4. The summed E-state index contributed by atoms with van der Waals surface area (Å²) in [6.07, 6.45) is 0. The monoisotopic (exact) mass is 2590 g/mol. The van der Waals surface area contributed by atoms with Gasteiger partial charge in [0.05, 0.1) is 127 Å². The van der Waals surface area contributed by atoms with Crippen molar-refractivity contribution in [1.29, 1.82) is 0 Å². The van der Waals surface area contributed by atoms with Crippen LogP contribution in [-0.2, 0) is 95.9 Å². The fourth-order valence-corrected chi connectivity index (χ4v) is 15.3. The smallest absolute Gasteiger partial charge is 0.549 e. The fraction of sp³-hybridized carbons (Fsp3) is 0.753. The minimum absolute atomic E-state index is 0. The van der Waals surface area contributed by atoms with Gasteiger partial charge in [0.2, 0.25) is 47.3 Å². The maximum absolute atomic E-state index is 14.6. The Kier molecular flexibility index (Phi) is 70.1. The van der Waals surface area contributed by atoms with E-state index in [2.05, 4.69) is 21.3 Å². The summed E-state index contributed by atoms with van der Waals surface area (Å²) in [5.74, 6) is -22.7. The van der Waals surface area contributed by atoms with Gasteiger partial charge in [0.25, 0.3) is 0 Å². The van der Waals surface area contributed by atoms with Crippen molar-refractivity contribution in [2.24, 2.45) is 5.41 Å². The standard InChI is InChI=1S/C81H140N24O32.4Gd/c1-86(65(110)41-90-5-13-94(45-69(114)115)21-29-102(53-77(130)131)30-22-95(14-6-90)46-70(116)117)37-61(106)82-57-81(58-83-62(107)38-87(2)66(111)42-91-7-15-96(47-71(118)119)23-31-103(54-78(132)133)32-24-97(16-8-91)48-72(120)121,59-84-63(108)39-88(3)67(112)43-92-9-17-98(49-73(122)123)25-33-104(55-79(134)135)34-26-99(18-10-92)50-74(124)125)60-85-64(109)40-89(4)68(113)44-93-11-19-100(51-75(126)127)27-35-105(56-80(136)137)36-28-101(20-12-93)52-76(128)129;;;;/h5-60H2,1-4H3,(H,82,106)(H,83,107)(H,84,108)(H,85,109)(H,114,115)(H,116,117)(H,118,119)(H,120,121)(H,122,123)(H,124,125)(H,126,127)(H,128,129)(H,130,131)(H,132,133)(H,134,135)(H,136,137);;;;/q;4*+3/p-6. The topological polar surface area (TPSA) is 714 Å². The van der Waals surface area contributed by atoms with Crippen molar-refractivity contribution in [2.45, 2.75) is 0 Å². The van der Waals surface area contributed by atoms with Gasteiger partial charge in [-0.15, -0.1) is 0 Å². The summed E-state index contributed by atoms with van der Waals surface area (Å²) in [5, 5.41) is 141. The van der Waals surface area contributed by atoms with E-state index in [1.165, 1.54) is 87.0 Å². The number of carboxylic acid groups (broad SMARTS) is 12. The number of hydrogen-bond acceptors (Lipinski definition) is 42. The zero-order chi connectivity index (χ0) is 102. The summed E-state index contributed by atoms with van der Waals surface area (Å²) in [6.45, 7) is -14.1.